The van der Waals surface area contributed by atoms with Crippen LogP contribution in [0.25, 0.3) is 0 Å². The summed E-state index contributed by atoms with van der Waals surface area (Å²) in [6.45, 7) is 5.62. The first kappa shape index (κ1) is 18.0. The Morgan fingerprint density at radius 1 is 1.21 bits per heavy atom. The number of hydrogen-bond acceptors (Lipinski definition) is 4. The number of hydrogen-bond donors (Lipinski definition) is 2. The van der Waals surface area contributed by atoms with Gasteiger partial charge in [0, 0.05) is 38.9 Å². The Labute approximate surface area is 143 Å². The quantitative estimate of drug-likeness (QED) is 0.397. The van der Waals surface area contributed by atoms with Gasteiger partial charge in [-0.15, -0.1) is 0 Å². The molecule has 6 heteroatoms. The third kappa shape index (κ3) is 7.28. The number of nitrogens with zero attached hydrogens (tertiary/aromatic N) is 2. The fraction of sp³-hybridized carbons (Fsp3) is 0.444. The lowest BCUT2D eigenvalue weighted by Crippen LogP contribution is -2.39. The summed E-state index contributed by atoms with van der Waals surface area (Å²) >= 11 is 0. The molecule has 0 aliphatic heterocycles. The Morgan fingerprint density at radius 3 is 2.88 bits per heavy atom. The van der Waals surface area contributed by atoms with Gasteiger partial charge in [0.05, 0.1) is 18.5 Å². The molecule has 0 bridgehead atoms. The molecule has 24 heavy (non-hydrogen) atoms. The van der Waals surface area contributed by atoms with Crippen molar-refractivity contribution in [2.75, 3.05) is 26.3 Å². The lowest BCUT2D eigenvalue weighted by Gasteiger charge is -2.12. The molecule has 2 N–H and O–H groups in total. The van der Waals surface area contributed by atoms with E-state index in [4.69, 9.17) is 9.15 Å². The molecule has 0 aliphatic carbocycles. The Bertz CT molecular complexity index is 570. The standard InChI is InChI=1S/C18H26N4O2/c1-2-23-13-6-11-20-18(21-12-9-17-8-5-14-24-17)22-15-16-7-3-4-10-19-16/h3-5,7-8,10,14H,2,6,9,11-13,15H2,1H3,(H2,20,21,22). The van der Waals surface area contributed by atoms with Crippen molar-refractivity contribution in [3.63, 3.8) is 0 Å². The minimum atomic E-state index is 0.544. The summed E-state index contributed by atoms with van der Waals surface area (Å²) in [5.41, 5.74) is 0.943. The third-order valence-corrected chi connectivity index (χ3v) is 3.33. The van der Waals surface area contributed by atoms with Crippen LogP contribution in [0, 0.1) is 0 Å². The van der Waals surface area contributed by atoms with Crippen molar-refractivity contribution in [1.82, 2.24) is 15.6 Å². The van der Waals surface area contributed by atoms with Crippen molar-refractivity contribution >= 4 is 5.96 Å². The fourth-order valence-electron chi connectivity index (χ4n) is 2.11. The monoisotopic (exact) mass is 330 g/mol. The van der Waals surface area contributed by atoms with E-state index in [1.807, 2.05) is 37.3 Å². The summed E-state index contributed by atoms with van der Waals surface area (Å²) in [7, 11) is 0. The maximum Gasteiger partial charge on any atom is 0.191 e. The number of aromatic nitrogens is 1. The van der Waals surface area contributed by atoms with E-state index in [0.29, 0.717) is 6.54 Å². The Kier molecular flexibility index (Phi) is 8.43. The molecule has 2 heterocycles. The molecule has 0 saturated heterocycles. The van der Waals surface area contributed by atoms with E-state index in [1.54, 1.807) is 12.5 Å². The van der Waals surface area contributed by atoms with Crippen LogP contribution >= 0.6 is 0 Å². The van der Waals surface area contributed by atoms with Gasteiger partial charge in [-0.05, 0) is 37.6 Å². The first-order valence-corrected chi connectivity index (χ1v) is 8.40. The molecule has 0 aliphatic rings. The number of nitrogens with one attached hydrogen (secondary N) is 2. The van der Waals surface area contributed by atoms with Gasteiger partial charge < -0.3 is 19.8 Å². The highest BCUT2D eigenvalue weighted by molar-refractivity contribution is 5.79. The number of pyridine rings is 1. The molecule has 2 aromatic rings. The van der Waals surface area contributed by atoms with Crippen LogP contribution in [0.5, 0.6) is 0 Å². The van der Waals surface area contributed by atoms with Crippen molar-refractivity contribution in [2.24, 2.45) is 4.99 Å². The predicted octanol–water partition coefficient (Wildman–Crippen LogP) is 2.38. The summed E-state index contributed by atoms with van der Waals surface area (Å²) < 4.78 is 10.7. The van der Waals surface area contributed by atoms with E-state index < -0.39 is 0 Å². The molecule has 6 nitrogen and oxygen atoms in total. The minimum absolute atomic E-state index is 0.544. The van der Waals surface area contributed by atoms with Gasteiger partial charge in [0.15, 0.2) is 5.96 Å². The van der Waals surface area contributed by atoms with Crippen LogP contribution in [0.2, 0.25) is 0 Å². The van der Waals surface area contributed by atoms with Crippen molar-refractivity contribution in [2.45, 2.75) is 26.3 Å². The average molecular weight is 330 g/mol. The zero-order valence-corrected chi connectivity index (χ0v) is 14.2. The molecular formula is C18H26N4O2. The summed E-state index contributed by atoms with van der Waals surface area (Å²) in [5, 5.41) is 6.66. The summed E-state index contributed by atoms with van der Waals surface area (Å²) in [6.07, 6.45) is 5.23. The van der Waals surface area contributed by atoms with Crippen LogP contribution in [0.1, 0.15) is 24.8 Å². The second-order valence-corrected chi connectivity index (χ2v) is 5.22. The number of ether oxygens (including phenoxy) is 1. The number of aliphatic imine (C=N–C) groups is 1. The topological polar surface area (TPSA) is 71.7 Å². The summed E-state index contributed by atoms with van der Waals surface area (Å²) in [5.74, 6) is 1.74. The fourth-order valence-corrected chi connectivity index (χ4v) is 2.11. The van der Waals surface area contributed by atoms with E-state index in [1.165, 1.54) is 0 Å². The Hall–Kier alpha value is -2.34. The average Bonchev–Trinajstić information content (AvgIpc) is 3.13. The van der Waals surface area contributed by atoms with Crippen LogP contribution in [0.3, 0.4) is 0 Å². The highest BCUT2D eigenvalue weighted by Crippen LogP contribution is 2.00. The largest absolute Gasteiger partial charge is 0.469 e. The predicted molar refractivity (Wildman–Crippen MR) is 94.9 cm³/mol. The SMILES string of the molecule is CCOCCCNC(=NCc1ccccn1)NCCc1ccco1. The van der Waals surface area contributed by atoms with E-state index in [0.717, 1.165) is 56.6 Å². The van der Waals surface area contributed by atoms with Crippen molar-refractivity contribution < 1.29 is 9.15 Å². The van der Waals surface area contributed by atoms with Gasteiger partial charge in [0.1, 0.15) is 5.76 Å². The third-order valence-electron chi connectivity index (χ3n) is 3.33. The second kappa shape index (κ2) is 11.2. The highest BCUT2D eigenvalue weighted by atomic mass is 16.5. The lowest BCUT2D eigenvalue weighted by atomic mass is 10.3. The first-order valence-electron chi connectivity index (χ1n) is 8.40. The first-order chi connectivity index (χ1) is 11.9. The normalized spacial score (nSPS) is 11.5. The van der Waals surface area contributed by atoms with Gasteiger partial charge in [0.2, 0.25) is 0 Å². The van der Waals surface area contributed by atoms with Gasteiger partial charge in [-0.3, -0.25) is 4.98 Å². The second-order valence-electron chi connectivity index (χ2n) is 5.22. The minimum Gasteiger partial charge on any atom is -0.469 e. The molecule has 0 atom stereocenters. The zero-order chi connectivity index (χ0) is 16.9. The van der Waals surface area contributed by atoms with Gasteiger partial charge >= 0.3 is 0 Å². The molecule has 2 rings (SSSR count). The van der Waals surface area contributed by atoms with Crippen molar-refractivity contribution in [3.8, 4) is 0 Å². The van der Waals surface area contributed by atoms with Crippen LogP contribution in [-0.4, -0.2) is 37.2 Å². The highest BCUT2D eigenvalue weighted by Gasteiger charge is 2.01. The van der Waals surface area contributed by atoms with E-state index in [2.05, 4.69) is 20.6 Å². The van der Waals surface area contributed by atoms with Gasteiger partial charge in [-0.1, -0.05) is 6.07 Å². The van der Waals surface area contributed by atoms with E-state index >= 15 is 0 Å². The van der Waals surface area contributed by atoms with Crippen LogP contribution in [0.4, 0.5) is 0 Å². The molecule has 0 spiro atoms. The van der Waals surface area contributed by atoms with Gasteiger partial charge in [-0.25, -0.2) is 4.99 Å². The number of furan rings is 1. The van der Waals surface area contributed by atoms with Crippen LogP contribution in [0.15, 0.2) is 52.2 Å². The molecule has 0 aromatic carbocycles. The van der Waals surface area contributed by atoms with Crippen LogP contribution < -0.4 is 10.6 Å². The molecule has 2 aromatic heterocycles. The summed E-state index contributed by atoms with van der Waals surface area (Å²) in [4.78, 5) is 8.89. The lowest BCUT2D eigenvalue weighted by molar-refractivity contribution is 0.145. The molecule has 0 radical (unpaired) electrons. The maximum atomic E-state index is 5.35. The molecule has 0 saturated carbocycles. The summed E-state index contributed by atoms with van der Waals surface area (Å²) in [6, 6.07) is 9.72. The molecular weight excluding hydrogens is 304 g/mol. The van der Waals surface area contributed by atoms with Crippen molar-refractivity contribution in [3.05, 3.63) is 54.2 Å². The molecule has 0 unspecified atom stereocenters. The number of guanidine groups is 1. The van der Waals surface area contributed by atoms with Crippen molar-refractivity contribution in [1.29, 1.82) is 0 Å². The zero-order valence-electron chi connectivity index (χ0n) is 14.2. The molecule has 0 amide bonds. The Morgan fingerprint density at radius 2 is 2.12 bits per heavy atom. The van der Waals surface area contributed by atoms with Gasteiger partial charge in [0.25, 0.3) is 0 Å². The maximum absolute atomic E-state index is 5.35. The van der Waals surface area contributed by atoms with Crippen LogP contribution in [-0.2, 0) is 17.7 Å². The van der Waals surface area contributed by atoms with E-state index in [9.17, 15) is 0 Å². The van der Waals surface area contributed by atoms with E-state index in [-0.39, 0.29) is 0 Å². The number of rotatable bonds is 10. The molecule has 0 fully saturated rings. The smallest absolute Gasteiger partial charge is 0.191 e. The van der Waals surface area contributed by atoms with Gasteiger partial charge in [-0.2, -0.15) is 0 Å². The molecule has 130 valence electrons. The Balaban J connectivity index is 1.80.